The first-order chi connectivity index (χ1) is 29.4. The van der Waals surface area contributed by atoms with Gasteiger partial charge in [-0.2, -0.15) is 4.39 Å². The lowest BCUT2D eigenvalue weighted by Gasteiger charge is -2.18. The summed E-state index contributed by atoms with van der Waals surface area (Å²) in [6.45, 7) is 5.94. The highest BCUT2D eigenvalue weighted by molar-refractivity contribution is 14.1. The maximum absolute atomic E-state index is 15.3. The van der Waals surface area contributed by atoms with Crippen molar-refractivity contribution >= 4 is 62.8 Å². The molecule has 0 aliphatic heterocycles. The summed E-state index contributed by atoms with van der Waals surface area (Å²) in [5.74, 6) is -4.89. The lowest BCUT2D eigenvalue weighted by Crippen LogP contribution is -2.41. The number of hydrogen-bond acceptors (Lipinski definition) is 13. The predicted octanol–water partition coefficient (Wildman–Crippen LogP) is 3.98. The fourth-order valence-electron chi connectivity index (χ4n) is 6.40. The van der Waals surface area contributed by atoms with Gasteiger partial charge in [-0.15, -0.1) is 10.2 Å². The molecule has 2 amide bonds. The molecule has 2 atom stereocenters. The fourth-order valence-corrected chi connectivity index (χ4v) is 6.85. The molecule has 3 aromatic carbocycles. The molecule has 0 radical (unpaired) electrons. The molecule has 0 bridgehead atoms. The van der Waals surface area contributed by atoms with Gasteiger partial charge in [-0.1, -0.05) is 13.8 Å². The van der Waals surface area contributed by atoms with E-state index in [9.17, 15) is 43.7 Å². The number of halogens is 3. The number of esters is 1. The van der Waals surface area contributed by atoms with E-state index < -0.39 is 76.9 Å². The Kier molecular flexibility index (Phi) is 13.3. The summed E-state index contributed by atoms with van der Waals surface area (Å²) in [4.78, 5) is 69.5. The van der Waals surface area contributed by atoms with E-state index in [1.165, 1.54) is 67.1 Å². The first-order valence-corrected chi connectivity index (χ1v) is 20.0. The second-order valence-corrected chi connectivity index (χ2v) is 15.6. The van der Waals surface area contributed by atoms with Crippen molar-refractivity contribution in [3.63, 3.8) is 0 Å². The zero-order valence-corrected chi connectivity index (χ0v) is 35.9. The van der Waals surface area contributed by atoms with Crippen LogP contribution in [0.15, 0.2) is 70.5 Å². The third-order valence-corrected chi connectivity index (χ3v) is 10.3. The molecule has 0 aliphatic rings. The van der Waals surface area contributed by atoms with E-state index in [-0.39, 0.29) is 58.1 Å². The molecule has 6 rings (SSSR count). The van der Waals surface area contributed by atoms with Crippen molar-refractivity contribution in [3.8, 4) is 28.6 Å². The SMILES string of the molecule is CCNC(=O)c1nnc(-c2cc(C(C)C)c(O)cc2O)n1-c1ccc(C(=O)NC(C)C(=O)OCC(O)Cn2cnc3c(c(Nc4ccc(I)cc4F)c(F)c(=O)n3C)c2=O)cc1. The van der Waals surface area contributed by atoms with Gasteiger partial charge >= 0.3 is 5.97 Å². The Balaban J connectivity index is 1.14. The lowest BCUT2D eigenvalue weighted by molar-refractivity contribution is -0.148. The first kappa shape index (κ1) is 44.8. The number of aromatic nitrogens is 6. The maximum atomic E-state index is 15.3. The van der Waals surface area contributed by atoms with Gasteiger partial charge in [0.2, 0.25) is 11.6 Å². The second kappa shape index (κ2) is 18.5. The monoisotopic (exact) mass is 967 g/mol. The van der Waals surface area contributed by atoms with Gasteiger partial charge in [-0.3, -0.25) is 32.9 Å². The summed E-state index contributed by atoms with van der Waals surface area (Å²) in [7, 11) is 1.21. The Morgan fingerprint density at radius 3 is 2.31 bits per heavy atom. The van der Waals surface area contributed by atoms with Crippen LogP contribution in [0.25, 0.3) is 28.1 Å². The average Bonchev–Trinajstić information content (AvgIpc) is 3.67. The topological polar surface area (TPSA) is 245 Å². The number of aromatic hydroxyl groups is 2. The minimum atomic E-state index is -1.50. The fraction of sp³-hybridized carbons (Fsp3) is 0.268. The van der Waals surface area contributed by atoms with Gasteiger partial charge in [0.15, 0.2) is 11.5 Å². The summed E-state index contributed by atoms with van der Waals surface area (Å²) >= 11 is 1.88. The van der Waals surface area contributed by atoms with Crippen LogP contribution in [0.4, 0.5) is 20.2 Å². The van der Waals surface area contributed by atoms with E-state index in [4.69, 9.17) is 4.74 Å². The van der Waals surface area contributed by atoms with E-state index in [0.29, 0.717) is 14.8 Å². The number of carbonyl (C=O) groups excluding carboxylic acids is 3. The molecular weight excluding hydrogens is 927 g/mol. The molecule has 62 heavy (non-hydrogen) atoms. The molecule has 0 spiro atoms. The predicted molar refractivity (Wildman–Crippen MR) is 230 cm³/mol. The molecule has 2 unspecified atom stereocenters. The number of nitrogens with one attached hydrogen (secondary N) is 3. The number of nitrogens with zero attached hydrogens (tertiary/aromatic N) is 6. The van der Waals surface area contributed by atoms with Crippen molar-refractivity contribution in [3.05, 3.63) is 114 Å². The second-order valence-electron chi connectivity index (χ2n) is 14.4. The van der Waals surface area contributed by atoms with Crippen molar-refractivity contribution in [1.82, 2.24) is 39.5 Å². The molecule has 3 aromatic heterocycles. The number of pyridine rings is 1. The van der Waals surface area contributed by atoms with Crippen LogP contribution < -0.4 is 27.1 Å². The van der Waals surface area contributed by atoms with Gasteiger partial charge in [0, 0.05) is 34.5 Å². The highest BCUT2D eigenvalue weighted by Crippen LogP contribution is 2.38. The number of phenols is 2. The van der Waals surface area contributed by atoms with Gasteiger partial charge in [0.1, 0.15) is 47.8 Å². The van der Waals surface area contributed by atoms with Crippen molar-refractivity contribution < 1.29 is 43.2 Å². The summed E-state index contributed by atoms with van der Waals surface area (Å²) in [6, 6.07) is 11.4. The lowest BCUT2D eigenvalue weighted by atomic mass is 9.98. The molecule has 0 saturated carbocycles. The molecule has 6 N–H and O–H groups in total. The number of anilines is 2. The average molecular weight is 968 g/mol. The van der Waals surface area contributed by atoms with Crippen molar-refractivity contribution in [1.29, 1.82) is 0 Å². The quantitative estimate of drug-likeness (QED) is 0.0670. The molecule has 21 heteroatoms. The number of aryl methyl sites for hydroxylation is 1. The molecule has 0 aliphatic carbocycles. The summed E-state index contributed by atoms with van der Waals surface area (Å²) in [5.41, 5.74) is -1.90. The standard InChI is InChI=1S/C41H40F2IN9O9/c1-6-45-38(58)36-50-49-34(26-14-25(19(2)3)29(55)15-30(26)56)53(36)23-10-7-21(8-11-23)37(57)47-20(4)41(61)62-17-24(54)16-52-18-46-35-31(39(52)59)33(32(43)40(60)51(35)5)48-28-12-9-22(44)13-27(28)42/h7-15,18-20,24,48,54-56H,6,16-17H2,1-5H3,(H,45,58)(H,47,57). The van der Waals surface area contributed by atoms with Crippen LogP contribution in [0.2, 0.25) is 0 Å². The van der Waals surface area contributed by atoms with Crippen molar-refractivity contribution in [2.75, 3.05) is 18.5 Å². The van der Waals surface area contributed by atoms with Gasteiger partial charge in [0.05, 0.1) is 23.5 Å². The number of carbonyl (C=O) groups is 3. The molecule has 3 heterocycles. The van der Waals surface area contributed by atoms with E-state index in [1.807, 2.05) is 36.4 Å². The summed E-state index contributed by atoms with van der Waals surface area (Å²) < 4.78 is 38.9. The van der Waals surface area contributed by atoms with Crippen LogP contribution in [-0.2, 0) is 23.1 Å². The summed E-state index contributed by atoms with van der Waals surface area (Å²) in [5, 5.41) is 47.4. The van der Waals surface area contributed by atoms with Crippen molar-refractivity contribution in [2.45, 2.75) is 52.3 Å². The number of ether oxygens (including phenoxy) is 1. The van der Waals surface area contributed by atoms with Gasteiger partial charge < -0.3 is 36.0 Å². The number of aliphatic hydroxyl groups excluding tert-OH is 1. The van der Waals surface area contributed by atoms with Gasteiger partial charge in [-0.25, -0.2) is 14.2 Å². The van der Waals surface area contributed by atoms with Crippen LogP contribution >= 0.6 is 22.6 Å². The normalized spacial score (nSPS) is 12.3. The van der Waals surface area contributed by atoms with Crippen LogP contribution in [0, 0.1) is 15.2 Å². The van der Waals surface area contributed by atoms with E-state index in [0.717, 1.165) is 15.5 Å². The Hall–Kier alpha value is -6.75. The van der Waals surface area contributed by atoms with Crippen LogP contribution in [-0.4, -0.2) is 87.3 Å². The highest BCUT2D eigenvalue weighted by Gasteiger charge is 2.26. The van der Waals surface area contributed by atoms with Crippen LogP contribution in [0.5, 0.6) is 11.5 Å². The third kappa shape index (κ3) is 9.12. The number of rotatable bonds is 14. The number of fused-ring (bicyclic) bond motifs is 1. The molecule has 0 saturated heterocycles. The van der Waals surface area contributed by atoms with Gasteiger partial charge in [-0.05, 0) is 96.5 Å². The minimum absolute atomic E-state index is 0.0836. The van der Waals surface area contributed by atoms with E-state index >= 15 is 4.39 Å². The van der Waals surface area contributed by atoms with Gasteiger partial charge in [0.25, 0.3) is 22.9 Å². The highest BCUT2D eigenvalue weighted by atomic mass is 127. The minimum Gasteiger partial charge on any atom is -0.508 e. The van der Waals surface area contributed by atoms with Crippen LogP contribution in [0.1, 0.15) is 60.2 Å². The zero-order valence-electron chi connectivity index (χ0n) is 33.7. The largest absolute Gasteiger partial charge is 0.508 e. The maximum Gasteiger partial charge on any atom is 0.328 e. The third-order valence-electron chi connectivity index (χ3n) is 9.61. The van der Waals surface area contributed by atoms with Crippen molar-refractivity contribution in [2.24, 2.45) is 7.05 Å². The Morgan fingerprint density at radius 2 is 1.65 bits per heavy atom. The number of benzene rings is 3. The molecule has 18 nitrogen and oxygen atoms in total. The Bertz CT molecular complexity index is 2850. The molecule has 0 fully saturated rings. The Morgan fingerprint density at radius 1 is 0.935 bits per heavy atom. The number of amides is 2. The van der Waals surface area contributed by atoms with E-state index in [2.05, 4.69) is 31.1 Å². The zero-order chi connectivity index (χ0) is 45.2. The van der Waals surface area contributed by atoms with E-state index in [1.54, 1.807) is 13.0 Å². The number of aliphatic hydroxyl groups is 1. The summed E-state index contributed by atoms with van der Waals surface area (Å²) in [6.07, 6.45) is -0.484. The number of phenolic OH excluding ortho intramolecular Hbond substituents is 2. The van der Waals surface area contributed by atoms with Crippen LogP contribution in [0.3, 0.4) is 0 Å². The first-order valence-electron chi connectivity index (χ1n) is 19.0. The smallest absolute Gasteiger partial charge is 0.328 e. The molecular formula is C41H40F2IN9O9. The Labute approximate surface area is 364 Å². The number of hydrogen-bond donors (Lipinski definition) is 6. The molecule has 6 aromatic rings. The molecule has 324 valence electrons.